The number of anilines is 1. The zero-order valence-corrected chi connectivity index (χ0v) is 14.5. The summed E-state index contributed by atoms with van der Waals surface area (Å²) in [6, 6.07) is 4.11. The van der Waals surface area contributed by atoms with Crippen molar-refractivity contribution in [3.63, 3.8) is 0 Å². The van der Waals surface area contributed by atoms with Gasteiger partial charge in [-0.1, -0.05) is 6.42 Å². The van der Waals surface area contributed by atoms with E-state index in [9.17, 15) is 4.79 Å². The first-order valence-electron chi connectivity index (χ1n) is 8.94. The maximum atomic E-state index is 12.4. The Labute approximate surface area is 150 Å². The summed E-state index contributed by atoms with van der Waals surface area (Å²) >= 11 is 0. The van der Waals surface area contributed by atoms with Crippen LogP contribution < -0.4 is 4.90 Å². The van der Waals surface area contributed by atoms with Gasteiger partial charge in [0.2, 0.25) is 0 Å². The van der Waals surface area contributed by atoms with Crippen molar-refractivity contribution in [3.05, 3.63) is 35.9 Å². The molecule has 1 aliphatic heterocycles. The number of nitrogens with zero attached hydrogens (tertiary/aromatic N) is 7. The molecule has 3 aromatic rings. The van der Waals surface area contributed by atoms with Crippen molar-refractivity contribution < 1.29 is 4.79 Å². The van der Waals surface area contributed by atoms with E-state index in [1.54, 1.807) is 17.3 Å². The van der Waals surface area contributed by atoms with Crippen LogP contribution in [0.4, 0.5) is 5.82 Å². The second kappa shape index (κ2) is 5.79. The van der Waals surface area contributed by atoms with Gasteiger partial charge >= 0.3 is 0 Å². The van der Waals surface area contributed by atoms with Crippen LogP contribution in [0.5, 0.6) is 0 Å². The predicted octanol–water partition coefficient (Wildman–Crippen LogP) is 1.08. The molecule has 2 fully saturated rings. The SMILES string of the molecule is CN(C(=O)c1cn[nH]c1)C1CN(c2ccc3nnc(C4CCC4)n3n2)C1. The van der Waals surface area contributed by atoms with Gasteiger partial charge in [0.05, 0.1) is 17.8 Å². The van der Waals surface area contributed by atoms with E-state index < -0.39 is 0 Å². The molecule has 0 unspecified atom stereocenters. The van der Waals surface area contributed by atoms with Gasteiger partial charge in [-0.2, -0.15) is 9.61 Å². The van der Waals surface area contributed by atoms with E-state index in [0.29, 0.717) is 11.5 Å². The Morgan fingerprint density at radius 1 is 1.27 bits per heavy atom. The molecule has 1 amide bonds. The standard InChI is InChI=1S/C17H20N8O/c1-23(17(26)12-7-18-19-8-12)13-9-24(10-13)15-6-5-14-20-21-16(25(14)22-15)11-3-2-4-11/h5-8,11,13H,2-4,9-10H2,1H3,(H,18,19). The van der Waals surface area contributed by atoms with Crippen molar-refractivity contribution in [1.29, 1.82) is 0 Å². The van der Waals surface area contributed by atoms with E-state index in [4.69, 9.17) is 5.10 Å². The van der Waals surface area contributed by atoms with Crippen molar-refractivity contribution in [2.45, 2.75) is 31.2 Å². The quantitative estimate of drug-likeness (QED) is 0.755. The Balaban J connectivity index is 1.30. The number of aromatic nitrogens is 6. The summed E-state index contributed by atoms with van der Waals surface area (Å²) in [5.41, 5.74) is 1.38. The van der Waals surface area contributed by atoms with E-state index in [2.05, 4.69) is 25.3 Å². The van der Waals surface area contributed by atoms with Crippen LogP contribution in [0.15, 0.2) is 24.5 Å². The van der Waals surface area contributed by atoms with Gasteiger partial charge in [0.1, 0.15) is 5.82 Å². The zero-order chi connectivity index (χ0) is 17.7. The average Bonchev–Trinajstić information content (AvgIpc) is 3.21. The molecule has 0 atom stereocenters. The van der Waals surface area contributed by atoms with Crippen molar-refractivity contribution in [2.24, 2.45) is 0 Å². The van der Waals surface area contributed by atoms with E-state index >= 15 is 0 Å². The van der Waals surface area contributed by atoms with Crippen LogP contribution in [0, 0.1) is 0 Å². The molecule has 1 saturated heterocycles. The maximum absolute atomic E-state index is 12.4. The lowest BCUT2D eigenvalue weighted by molar-refractivity contribution is 0.0705. The first-order chi connectivity index (χ1) is 12.7. The molecule has 0 aromatic carbocycles. The van der Waals surface area contributed by atoms with Gasteiger partial charge < -0.3 is 9.80 Å². The lowest BCUT2D eigenvalue weighted by atomic mass is 9.85. The number of nitrogens with one attached hydrogen (secondary N) is 1. The highest BCUT2D eigenvalue weighted by molar-refractivity contribution is 5.93. The number of fused-ring (bicyclic) bond motifs is 1. The van der Waals surface area contributed by atoms with E-state index in [-0.39, 0.29) is 11.9 Å². The average molecular weight is 352 g/mol. The Kier molecular flexibility index (Phi) is 3.41. The summed E-state index contributed by atoms with van der Waals surface area (Å²) in [6.07, 6.45) is 6.76. The van der Waals surface area contributed by atoms with E-state index in [1.807, 2.05) is 23.7 Å². The topological polar surface area (TPSA) is 95.3 Å². The molecule has 2 aliphatic rings. The number of carbonyl (C=O) groups excluding carboxylic acids is 1. The van der Waals surface area contributed by atoms with Gasteiger partial charge in [0, 0.05) is 32.3 Å². The number of rotatable bonds is 4. The van der Waals surface area contributed by atoms with E-state index in [1.165, 1.54) is 19.3 Å². The molecule has 5 rings (SSSR count). The molecule has 1 aliphatic carbocycles. The molecule has 9 heteroatoms. The van der Waals surface area contributed by atoms with Crippen LogP contribution in [0.25, 0.3) is 5.65 Å². The molecular weight excluding hydrogens is 332 g/mol. The Morgan fingerprint density at radius 3 is 2.81 bits per heavy atom. The van der Waals surface area contributed by atoms with Gasteiger partial charge in [-0.15, -0.1) is 15.3 Å². The number of likely N-dealkylation sites (N-methyl/N-ethyl adjacent to an activating group) is 1. The monoisotopic (exact) mass is 352 g/mol. The first-order valence-corrected chi connectivity index (χ1v) is 8.94. The van der Waals surface area contributed by atoms with E-state index in [0.717, 1.165) is 30.4 Å². The van der Waals surface area contributed by atoms with Crippen LogP contribution in [-0.4, -0.2) is 67.0 Å². The molecule has 0 spiro atoms. The molecule has 0 bridgehead atoms. The molecule has 3 aromatic heterocycles. The molecule has 9 nitrogen and oxygen atoms in total. The number of hydrogen-bond donors (Lipinski definition) is 1. The molecule has 1 saturated carbocycles. The maximum Gasteiger partial charge on any atom is 0.257 e. The van der Waals surface area contributed by atoms with Crippen LogP contribution in [0.3, 0.4) is 0 Å². The first kappa shape index (κ1) is 15.3. The number of H-pyrrole nitrogens is 1. The minimum Gasteiger partial charge on any atom is -0.351 e. The van der Waals surface area contributed by atoms with Crippen LogP contribution >= 0.6 is 0 Å². The second-order valence-electron chi connectivity index (χ2n) is 7.11. The Hall–Kier alpha value is -2.97. The smallest absolute Gasteiger partial charge is 0.257 e. The van der Waals surface area contributed by atoms with Crippen LogP contribution in [0.2, 0.25) is 0 Å². The third kappa shape index (κ3) is 2.34. The van der Waals surface area contributed by atoms with Crippen molar-refractivity contribution in [2.75, 3.05) is 25.0 Å². The third-order valence-electron chi connectivity index (χ3n) is 5.54. The molecule has 0 radical (unpaired) electrons. The number of carbonyl (C=O) groups is 1. The molecule has 26 heavy (non-hydrogen) atoms. The van der Waals surface area contributed by atoms with Crippen LogP contribution in [0.1, 0.15) is 41.4 Å². The summed E-state index contributed by atoms with van der Waals surface area (Å²) < 4.78 is 1.88. The molecular formula is C17H20N8O. The van der Waals surface area contributed by atoms with Gasteiger partial charge in [-0.25, -0.2) is 0 Å². The number of hydrogen-bond acceptors (Lipinski definition) is 6. The van der Waals surface area contributed by atoms with Crippen molar-refractivity contribution in [3.8, 4) is 0 Å². The lowest BCUT2D eigenvalue weighted by Gasteiger charge is -2.44. The Morgan fingerprint density at radius 2 is 2.12 bits per heavy atom. The fourth-order valence-corrected chi connectivity index (χ4v) is 3.51. The number of aromatic amines is 1. The van der Waals surface area contributed by atoms with Crippen molar-refractivity contribution in [1.82, 2.24) is 34.9 Å². The minimum absolute atomic E-state index is 0.0158. The largest absolute Gasteiger partial charge is 0.351 e. The normalized spacial score (nSPS) is 18.0. The summed E-state index contributed by atoms with van der Waals surface area (Å²) in [5, 5.41) is 19.8. The molecule has 134 valence electrons. The minimum atomic E-state index is -0.0158. The summed E-state index contributed by atoms with van der Waals surface area (Å²) in [7, 11) is 1.84. The highest BCUT2D eigenvalue weighted by atomic mass is 16.2. The highest BCUT2D eigenvalue weighted by Gasteiger charge is 2.34. The lowest BCUT2D eigenvalue weighted by Crippen LogP contribution is -2.60. The third-order valence-corrected chi connectivity index (χ3v) is 5.54. The summed E-state index contributed by atoms with van der Waals surface area (Å²) in [4.78, 5) is 16.3. The molecule has 1 N–H and O–H groups in total. The fraction of sp³-hybridized carbons (Fsp3) is 0.471. The molecule has 4 heterocycles. The zero-order valence-electron chi connectivity index (χ0n) is 14.5. The Bertz CT molecular complexity index is 939. The fourth-order valence-electron chi connectivity index (χ4n) is 3.51. The van der Waals surface area contributed by atoms with Gasteiger partial charge in [0.25, 0.3) is 5.91 Å². The number of amides is 1. The summed E-state index contributed by atoms with van der Waals surface area (Å²) in [6.45, 7) is 1.53. The summed E-state index contributed by atoms with van der Waals surface area (Å²) in [5.74, 6) is 2.34. The predicted molar refractivity (Wildman–Crippen MR) is 94.1 cm³/mol. The highest BCUT2D eigenvalue weighted by Crippen LogP contribution is 2.35. The van der Waals surface area contributed by atoms with Crippen LogP contribution in [-0.2, 0) is 0 Å². The van der Waals surface area contributed by atoms with Gasteiger partial charge in [0.15, 0.2) is 11.5 Å². The van der Waals surface area contributed by atoms with Gasteiger partial charge in [-0.05, 0) is 25.0 Å². The van der Waals surface area contributed by atoms with Crippen molar-refractivity contribution >= 4 is 17.4 Å². The second-order valence-corrected chi connectivity index (χ2v) is 7.11. The van der Waals surface area contributed by atoms with Gasteiger partial charge in [-0.3, -0.25) is 9.89 Å².